The van der Waals surface area contributed by atoms with Crippen molar-refractivity contribution in [2.24, 2.45) is 5.92 Å². The van der Waals surface area contributed by atoms with Crippen LogP contribution in [0.15, 0.2) is 11.4 Å². The summed E-state index contributed by atoms with van der Waals surface area (Å²) in [4.78, 5) is 1.35. The predicted octanol–water partition coefficient (Wildman–Crippen LogP) is 4.07. The minimum absolute atomic E-state index is 0.717. The first-order valence-electron chi connectivity index (χ1n) is 5.70. The lowest BCUT2D eigenvalue weighted by Gasteiger charge is -2.27. The second-order valence-electron chi connectivity index (χ2n) is 4.58. The van der Waals surface area contributed by atoms with Gasteiger partial charge in [-0.2, -0.15) is 0 Å². The van der Waals surface area contributed by atoms with E-state index < -0.39 is 0 Å². The van der Waals surface area contributed by atoms with Crippen molar-refractivity contribution in [1.82, 2.24) is 5.32 Å². The van der Waals surface area contributed by atoms with Crippen LogP contribution in [-0.2, 0) is 6.54 Å². The van der Waals surface area contributed by atoms with E-state index in [9.17, 15) is 0 Å². The van der Waals surface area contributed by atoms with Crippen molar-refractivity contribution in [3.05, 3.63) is 21.3 Å². The van der Waals surface area contributed by atoms with Gasteiger partial charge in [-0.05, 0) is 24.8 Å². The van der Waals surface area contributed by atoms with Crippen LogP contribution >= 0.6 is 22.9 Å². The highest BCUT2D eigenvalue weighted by molar-refractivity contribution is 7.10. The fourth-order valence-electron chi connectivity index (χ4n) is 2.31. The third-order valence-corrected chi connectivity index (χ3v) is 4.41. The first-order valence-corrected chi connectivity index (χ1v) is 6.96. The summed E-state index contributed by atoms with van der Waals surface area (Å²) in [7, 11) is 0. The topological polar surface area (TPSA) is 12.0 Å². The van der Waals surface area contributed by atoms with Gasteiger partial charge in [0.25, 0.3) is 0 Å². The zero-order valence-corrected chi connectivity index (χ0v) is 10.7. The number of nitrogens with one attached hydrogen (secondary N) is 1. The van der Waals surface area contributed by atoms with Gasteiger partial charge in [0.2, 0.25) is 0 Å². The Morgan fingerprint density at radius 3 is 3.07 bits per heavy atom. The quantitative estimate of drug-likeness (QED) is 0.844. The molecule has 1 fully saturated rings. The van der Waals surface area contributed by atoms with Crippen molar-refractivity contribution < 1.29 is 0 Å². The molecule has 0 radical (unpaired) electrons. The highest BCUT2D eigenvalue weighted by Gasteiger charge is 2.18. The number of hydrogen-bond acceptors (Lipinski definition) is 2. The van der Waals surface area contributed by atoms with E-state index in [1.54, 1.807) is 11.3 Å². The molecule has 0 saturated heterocycles. The van der Waals surface area contributed by atoms with Crippen molar-refractivity contribution in [2.75, 3.05) is 0 Å². The van der Waals surface area contributed by atoms with Crippen molar-refractivity contribution in [3.8, 4) is 0 Å². The summed E-state index contributed by atoms with van der Waals surface area (Å²) in [5, 5.41) is 6.50. The average Bonchev–Trinajstić information content (AvgIpc) is 2.62. The molecule has 2 rings (SSSR count). The molecular weight excluding hydrogens is 226 g/mol. The number of rotatable bonds is 3. The van der Waals surface area contributed by atoms with Crippen LogP contribution in [0.4, 0.5) is 0 Å². The summed E-state index contributed by atoms with van der Waals surface area (Å²) >= 11 is 7.63. The van der Waals surface area contributed by atoms with E-state index in [1.807, 2.05) is 5.38 Å². The molecule has 84 valence electrons. The summed E-state index contributed by atoms with van der Waals surface area (Å²) in [5.74, 6) is 0.892. The molecule has 1 aromatic heterocycles. The Bertz CT molecular complexity index is 310. The van der Waals surface area contributed by atoms with Crippen molar-refractivity contribution in [3.63, 3.8) is 0 Å². The summed E-state index contributed by atoms with van der Waals surface area (Å²) in [6, 6.07) is 2.78. The largest absolute Gasteiger partial charge is 0.309 e. The molecule has 0 aromatic carbocycles. The molecule has 3 heteroatoms. The molecule has 1 aliphatic carbocycles. The maximum absolute atomic E-state index is 5.89. The molecule has 2 unspecified atom stereocenters. The Labute approximate surface area is 101 Å². The lowest BCUT2D eigenvalue weighted by molar-refractivity contribution is 0.301. The van der Waals surface area contributed by atoms with Crippen LogP contribution in [0.5, 0.6) is 0 Å². The second-order valence-corrected chi connectivity index (χ2v) is 6.01. The van der Waals surface area contributed by atoms with E-state index in [1.165, 1.54) is 30.6 Å². The second kappa shape index (κ2) is 5.33. The molecule has 1 nitrogen and oxygen atoms in total. The summed E-state index contributed by atoms with van der Waals surface area (Å²) in [6.07, 6.45) is 5.45. The molecule has 1 aromatic rings. The number of halogens is 1. The third-order valence-electron chi connectivity index (χ3n) is 3.12. The van der Waals surface area contributed by atoms with Crippen LogP contribution < -0.4 is 5.32 Å². The van der Waals surface area contributed by atoms with Gasteiger partial charge in [0, 0.05) is 22.8 Å². The van der Waals surface area contributed by atoms with Gasteiger partial charge in [0.1, 0.15) is 0 Å². The highest BCUT2D eigenvalue weighted by Crippen LogP contribution is 2.24. The SMILES string of the molecule is CC1CCCC(NCc2cc(Cl)cs2)C1. The van der Waals surface area contributed by atoms with Crippen molar-refractivity contribution >= 4 is 22.9 Å². The predicted molar refractivity (Wildman–Crippen MR) is 67.6 cm³/mol. The van der Waals surface area contributed by atoms with Crippen LogP contribution in [0.3, 0.4) is 0 Å². The van der Waals surface area contributed by atoms with Crippen molar-refractivity contribution in [1.29, 1.82) is 0 Å². The monoisotopic (exact) mass is 243 g/mol. The molecule has 0 aliphatic heterocycles. The van der Waals surface area contributed by atoms with Crippen LogP contribution in [0.1, 0.15) is 37.5 Å². The van der Waals surface area contributed by atoms with Gasteiger partial charge < -0.3 is 5.32 Å². The smallest absolute Gasteiger partial charge is 0.0516 e. The van der Waals surface area contributed by atoms with Gasteiger partial charge in [-0.25, -0.2) is 0 Å². The fraction of sp³-hybridized carbons (Fsp3) is 0.667. The van der Waals surface area contributed by atoms with Crippen LogP contribution in [-0.4, -0.2) is 6.04 Å². The Kier molecular flexibility index (Phi) is 4.06. The first kappa shape index (κ1) is 11.4. The lowest BCUT2D eigenvalue weighted by Crippen LogP contribution is -2.32. The van der Waals surface area contributed by atoms with E-state index in [0.717, 1.165) is 23.5 Å². The molecule has 0 spiro atoms. The molecule has 15 heavy (non-hydrogen) atoms. The molecule has 2 atom stereocenters. The maximum atomic E-state index is 5.89. The van der Waals surface area contributed by atoms with Gasteiger partial charge in [-0.15, -0.1) is 11.3 Å². The first-order chi connectivity index (χ1) is 7.24. The van der Waals surface area contributed by atoms with Gasteiger partial charge in [-0.1, -0.05) is 31.4 Å². The zero-order valence-electron chi connectivity index (χ0n) is 9.13. The van der Waals surface area contributed by atoms with E-state index >= 15 is 0 Å². The zero-order chi connectivity index (χ0) is 10.7. The highest BCUT2D eigenvalue weighted by atomic mass is 35.5. The van der Waals surface area contributed by atoms with E-state index in [-0.39, 0.29) is 0 Å². The average molecular weight is 244 g/mol. The third kappa shape index (κ3) is 3.47. The molecule has 0 amide bonds. The molecule has 0 bridgehead atoms. The summed E-state index contributed by atoms with van der Waals surface area (Å²) < 4.78 is 0. The van der Waals surface area contributed by atoms with Crippen LogP contribution in [0.25, 0.3) is 0 Å². The molecule has 1 N–H and O–H groups in total. The fourth-order valence-corrected chi connectivity index (χ4v) is 3.33. The van der Waals surface area contributed by atoms with E-state index in [4.69, 9.17) is 11.6 Å². The van der Waals surface area contributed by atoms with E-state index in [0.29, 0.717) is 0 Å². The van der Waals surface area contributed by atoms with Crippen LogP contribution in [0.2, 0.25) is 5.02 Å². The standard InChI is InChI=1S/C12H18ClNS/c1-9-3-2-4-11(5-9)14-7-12-6-10(13)8-15-12/h6,8-9,11,14H,2-5,7H2,1H3. The Morgan fingerprint density at radius 1 is 1.53 bits per heavy atom. The molecule has 1 saturated carbocycles. The number of thiophene rings is 1. The maximum Gasteiger partial charge on any atom is 0.0516 e. The lowest BCUT2D eigenvalue weighted by atomic mass is 9.87. The summed E-state index contributed by atoms with van der Waals surface area (Å²) in [6.45, 7) is 3.34. The summed E-state index contributed by atoms with van der Waals surface area (Å²) in [5.41, 5.74) is 0. The molecule has 1 heterocycles. The van der Waals surface area contributed by atoms with Gasteiger partial charge in [-0.3, -0.25) is 0 Å². The Balaban J connectivity index is 1.77. The Morgan fingerprint density at radius 2 is 2.40 bits per heavy atom. The minimum atomic E-state index is 0.717. The van der Waals surface area contributed by atoms with E-state index in [2.05, 4.69) is 18.3 Å². The van der Waals surface area contributed by atoms with Crippen LogP contribution in [0, 0.1) is 5.92 Å². The molecular formula is C12H18ClNS. The number of hydrogen-bond donors (Lipinski definition) is 1. The molecule has 1 aliphatic rings. The van der Waals surface area contributed by atoms with Gasteiger partial charge >= 0.3 is 0 Å². The van der Waals surface area contributed by atoms with Crippen molar-refractivity contribution in [2.45, 2.75) is 45.2 Å². The van der Waals surface area contributed by atoms with Gasteiger partial charge in [0.15, 0.2) is 0 Å². The van der Waals surface area contributed by atoms with Gasteiger partial charge in [0.05, 0.1) is 5.02 Å². The normalized spacial score (nSPS) is 26.8. The minimum Gasteiger partial charge on any atom is -0.309 e. The Hall–Kier alpha value is -0.0500.